The first kappa shape index (κ1) is 14.4. The lowest BCUT2D eigenvalue weighted by atomic mass is 10.1. The van der Waals surface area contributed by atoms with Crippen LogP contribution in [0.3, 0.4) is 0 Å². The van der Waals surface area contributed by atoms with Gasteiger partial charge in [0.05, 0.1) is 5.60 Å². The summed E-state index contributed by atoms with van der Waals surface area (Å²) in [5, 5.41) is 13.5. The minimum Gasteiger partial charge on any atom is -0.490 e. The minimum atomic E-state index is -0.748. The number of aliphatic hydroxyl groups is 1. The fourth-order valence-corrected chi connectivity index (χ4v) is 2.55. The number of rotatable bonds is 6. The van der Waals surface area contributed by atoms with Crippen LogP contribution in [0.15, 0.2) is 18.2 Å². The first-order valence-corrected chi connectivity index (χ1v) is 7.27. The molecule has 2 N–H and O–H groups in total. The largest absolute Gasteiger partial charge is 0.490 e. The maximum atomic E-state index is 10.0. The van der Waals surface area contributed by atoms with E-state index in [-0.39, 0.29) is 0 Å². The van der Waals surface area contributed by atoms with Crippen molar-refractivity contribution in [3.05, 3.63) is 29.3 Å². The Labute approximate surface area is 116 Å². The molecule has 0 aromatic heterocycles. The van der Waals surface area contributed by atoms with Crippen LogP contribution in [0.4, 0.5) is 0 Å². The molecule has 1 aliphatic rings. The van der Waals surface area contributed by atoms with Crippen molar-refractivity contribution in [1.82, 2.24) is 5.32 Å². The van der Waals surface area contributed by atoms with Crippen molar-refractivity contribution in [3.8, 4) is 5.75 Å². The van der Waals surface area contributed by atoms with E-state index in [9.17, 15) is 5.11 Å². The molecule has 0 aliphatic heterocycles. The van der Waals surface area contributed by atoms with Crippen LogP contribution in [-0.4, -0.2) is 23.9 Å². The SMILES string of the molecule is CCNC1CCc2c(OCC(C)(O)CC)cccc21. The zero-order valence-corrected chi connectivity index (χ0v) is 12.2. The second-order valence-corrected chi connectivity index (χ2v) is 5.61. The predicted molar refractivity (Wildman–Crippen MR) is 77.6 cm³/mol. The second-order valence-electron chi connectivity index (χ2n) is 5.61. The number of benzene rings is 1. The van der Waals surface area contributed by atoms with Gasteiger partial charge in [-0.15, -0.1) is 0 Å². The summed E-state index contributed by atoms with van der Waals surface area (Å²) in [5.41, 5.74) is 1.92. The number of fused-ring (bicyclic) bond motifs is 1. The van der Waals surface area contributed by atoms with Gasteiger partial charge in [0.2, 0.25) is 0 Å². The Morgan fingerprint density at radius 3 is 2.89 bits per heavy atom. The summed E-state index contributed by atoms with van der Waals surface area (Å²) in [6.07, 6.45) is 2.88. The molecule has 0 spiro atoms. The summed E-state index contributed by atoms with van der Waals surface area (Å²) in [6.45, 7) is 7.26. The molecular weight excluding hydrogens is 238 g/mol. The third kappa shape index (κ3) is 3.28. The first-order valence-electron chi connectivity index (χ1n) is 7.27. The van der Waals surface area contributed by atoms with Gasteiger partial charge in [-0.3, -0.25) is 0 Å². The highest BCUT2D eigenvalue weighted by Crippen LogP contribution is 2.37. The molecule has 0 amide bonds. The maximum absolute atomic E-state index is 10.0. The molecule has 3 heteroatoms. The Morgan fingerprint density at radius 2 is 2.21 bits per heavy atom. The molecule has 0 bridgehead atoms. The minimum absolute atomic E-state index is 0.353. The van der Waals surface area contributed by atoms with Crippen LogP contribution in [0.25, 0.3) is 0 Å². The van der Waals surface area contributed by atoms with E-state index in [1.807, 2.05) is 26.0 Å². The van der Waals surface area contributed by atoms with Crippen molar-refractivity contribution >= 4 is 0 Å². The van der Waals surface area contributed by atoms with E-state index in [0.29, 0.717) is 19.1 Å². The highest BCUT2D eigenvalue weighted by molar-refractivity contribution is 5.45. The molecule has 106 valence electrons. The van der Waals surface area contributed by atoms with Crippen molar-refractivity contribution < 1.29 is 9.84 Å². The van der Waals surface area contributed by atoms with Gasteiger partial charge < -0.3 is 15.2 Å². The monoisotopic (exact) mass is 263 g/mol. The molecule has 0 heterocycles. The summed E-state index contributed by atoms with van der Waals surface area (Å²) in [6, 6.07) is 6.69. The van der Waals surface area contributed by atoms with Gasteiger partial charge in [0.15, 0.2) is 0 Å². The molecule has 1 aliphatic carbocycles. The van der Waals surface area contributed by atoms with Crippen LogP contribution in [0, 0.1) is 0 Å². The van der Waals surface area contributed by atoms with Crippen molar-refractivity contribution in [2.24, 2.45) is 0 Å². The number of ether oxygens (including phenoxy) is 1. The Morgan fingerprint density at radius 1 is 1.42 bits per heavy atom. The maximum Gasteiger partial charge on any atom is 0.122 e. The Kier molecular flexibility index (Phi) is 4.48. The summed E-state index contributed by atoms with van der Waals surface area (Å²) in [4.78, 5) is 0. The second kappa shape index (κ2) is 5.93. The van der Waals surface area contributed by atoms with Gasteiger partial charge in [0, 0.05) is 6.04 Å². The molecule has 0 saturated carbocycles. The standard InChI is InChI=1S/C16H25NO2/c1-4-16(3,18)11-19-15-8-6-7-12-13(15)9-10-14(12)17-5-2/h6-8,14,17-18H,4-5,9-11H2,1-3H3. The lowest BCUT2D eigenvalue weighted by Gasteiger charge is -2.22. The molecule has 2 rings (SSSR count). The average Bonchev–Trinajstić information content (AvgIpc) is 2.81. The number of nitrogens with one attached hydrogen (secondary N) is 1. The van der Waals surface area contributed by atoms with Crippen molar-refractivity contribution in [2.45, 2.75) is 51.7 Å². The van der Waals surface area contributed by atoms with Crippen LogP contribution in [0.1, 0.15) is 50.8 Å². The third-order valence-corrected chi connectivity index (χ3v) is 3.98. The van der Waals surface area contributed by atoms with Gasteiger partial charge in [-0.2, -0.15) is 0 Å². The highest BCUT2D eigenvalue weighted by Gasteiger charge is 2.25. The van der Waals surface area contributed by atoms with Crippen molar-refractivity contribution in [2.75, 3.05) is 13.2 Å². The Bertz CT molecular complexity index is 429. The summed E-state index contributed by atoms with van der Waals surface area (Å²) in [7, 11) is 0. The van der Waals surface area contributed by atoms with E-state index in [2.05, 4.69) is 18.3 Å². The smallest absolute Gasteiger partial charge is 0.122 e. The molecule has 0 fully saturated rings. The average molecular weight is 263 g/mol. The molecule has 2 unspecified atom stereocenters. The van der Waals surface area contributed by atoms with E-state index in [4.69, 9.17) is 4.74 Å². The van der Waals surface area contributed by atoms with Gasteiger partial charge in [-0.25, -0.2) is 0 Å². The number of hydrogen-bond acceptors (Lipinski definition) is 3. The number of hydrogen-bond donors (Lipinski definition) is 2. The summed E-state index contributed by atoms with van der Waals surface area (Å²) < 4.78 is 5.85. The van der Waals surface area contributed by atoms with Crippen LogP contribution in [0.2, 0.25) is 0 Å². The van der Waals surface area contributed by atoms with Gasteiger partial charge in [0.25, 0.3) is 0 Å². The van der Waals surface area contributed by atoms with Crippen LogP contribution in [-0.2, 0) is 6.42 Å². The Balaban J connectivity index is 2.11. The van der Waals surface area contributed by atoms with E-state index < -0.39 is 5.60 Å². The van der Waals surface area contributed by atoms with Crippen molar-refractivity contribution in [1.29, 1.82) is 0 Å². The predicted octanol–water partition coefficient (Wildman–Crippen LogP) is 2.82. The zero-order chi connectivity index (χ0) is 13.9. The van der Waals surface area contributed by atoms with Crippen LogP contribution >= 0.6 is 0 Å². The third-order valence-electron chi connectivity index (χ3n) is 3.98. The van der Waals surface area contributed by atoms with Gasteiger partial charge in [0.1, 0.15) is 12.4 Å². The molecule has 3 nitrogen and oxygen atoms in total. The van der Waals surface area contributed by atoms with Crippen LogP contribution < -0.4 is 10.1 Å². The molecule has 1 aromatic carbocycles. The lowest BCUT2D eigenvalue weighted by Crippen LogP contribution is -2.31. The fourth-order valence-electron chi connectivity index (χ4n) is 2.55. The Hall–Kier alpha value is -1.06. The van der Waals surface area contributed by atoms with Crippen molar-refractivity contribution in [3.63, 3.8) is 0 Å². The van der Waals surface area contributed by atoms with Gasteiger partial charge in [-0.1, -0.05) is 26.0 Å². The molecule has 19 heavy (non-hydrogen) atoms. The lowest BCUT2D eigenvalue weighted by molar-refractivity contribution is 0.00821. The molecule has 2 atom stereocenters. The fraction of sp³-hybridized carbons (Fsp3) is 0.625. The molecule has 0 radical (unpaired) electrons. The first-order chi connectivity index (χ1) is 9.07. The van der Waals surface area contributed by atoms with E-state index in [1.54, 1.807) is 0 Å². The highest BCUT2D eigenvalue weighted by atomic mass is 16.5. The topological polar surface area (TPSA) is 41.5 Å². The zero-order valence-electron chi connectivity index (χ0n) is 12.2. The summed E-state index contributed by atoms with van der Waals surface area (Å²) >= 11 is 0. The normalized spacial score (nSPS) is 20.9. The van der Waals surface area contributed by atoms with E-state index in [1.165, 1.54) is 11.1 Å². The van der Waals surface area contributed by atoms with E-state index >= 15 is 0 Å². The van der Waals surface area contributed by atoms with E-state index in [0.717, 1.165) is 25.1 Å². The van der Waals surface area contributed by atoms with Crippen LogP contribution in [0.5, 0.6) is 5.75 Å². The molecular formula is C16H25NO2. The van der Waals surface area contributed by atoms with Gasteiger partial charge in [-0.05, 0) is 49.9 Å². The molecule has 0 saturated heterocycles. The van der Waals surface area contributed by atoms with Gasteiger partial charge >= 0.3 is 0 Å². The summed E-state index contributed by atoms with van der Waals surface area (Å²) in [5.74, 6) is 0.937. The quantitative estimate of drug-likeness (QED) is 0.829. The molecule has 1 aromatic rings.